The smallest absolute Gasteiger partial charge is 0.305 e. The van der Waals surface area contributed by atoms with Gasteiger partial charge in [-0.2, -0.15) is 0 Å². The second kappa shape index (κ2) is 7.06. The summed E-state index contributed by atoms with van der Waals surface area (Å²) in [5.41, 5.74) is -1.10. The fraction of sp³-hybridized carbons (Fsp3) is 0.500. The number of carboxylic acid groups (broad SMARTS) is 1. The molecule has 0 radical (unpaired) electrons. The van der Waals surface area contributed by atoms with Gasteiger partial charge in [-0.25, -0.2) is 0 Å². The summed E-state index contributed by atoms with van der Waals surface area (Å²) >= 11 is 3.24. The van der Waals surface area contributed by atoms with E-state index < -0.39 is 11.5 Å². The van der Waals surface area contributed by atoms with Crippen LogP contribution in [0.25, 0.3) is 0 Å². The average Bonchev–Trinajstić information content (AvgIpc) is 2.42. The third-order valence-corrected chi connectivity index (χ3v) is 4.07. The highest BCUT2D eigenvalue weighted by atomic mass is 79.9. The van der Waals surface area contributed by atoms with Gasteiger partial charge in [0.2, 0.25) is 5.91 Å². The minimum atomic E-state index is -0.971. The van der Waals surface area contributed by atoms with Crippen LogP contribution in [0.3, 0.4) is 0 Å². The fourth-order valence-electron chi connectivity index (χ4n) is 2.51. The Kier molecular flexibility index (Phi) is 5.36. The van der Waals surface area contributed by atoms with Gasteiger partial charge in [0.25, 0.3) is 5.56 Å². The van der Waals surface area contributed by atoms with Crippen LogP contribution in [0.5, 0.6) is 0 Å². The quantitative estimate of drug-likeness (QED) is 0.794. The molecule has 0 saturated carbocycles. The van der Waals surface area contributed by atoms with Gasteiger partial charge in [0.05, 0.1) is 12.0 Å². The normalized spacial score (nSPS) is 17.0. The highest BCUT2D eigenvalue weighted by Crippen LogP contribution is 2.24. The Balaban J connectivity index is 2.09. The van der Waals surface area contributed by atoms with Crippen LogP contribution in [-0.2, 0) is 20.9 Å². The van der Waals surface area contributed by atoms with Gasteiger partial charge in [-0.3, -0.25) is 14.4 Å². The summed E-state index contributed by atoms with van der Waals surface area (Å²) in [6, 6.07) is 2.96. The Morgan fingerprint density at radius 1 is 1.36 bits per heavy atom. The number of halogens is 1. The predicted octanol–water partition coefficient (Wildman–Crippen LogP) is 0.751. The molecule has 1 aromatic heterocycles. The zero-order valence-electron chi connectivity index (χ0n) is 11.9. The third-order valence-electron chi connectivity index (χ3n) is 3.61. The van der Waals surface area contributed by atoms with E-state index in [1.54, 1.807) is 6.07 Å². The predicted molar refractivity (Wildman–Crippen MR) is 81.6 cm³/mol. The highest BCUT2D eigenvalue weighted by Gasteiger charge is 2.36. The number of hydrogen-bond donors (Lipinski definition) is 2. The molecular weight excluding hydrogens is 356 g/mol. The Bertz CT molecular complexity index is 622. The van der Waals surface area contributed by atoms with Crippen molar-refractivity contribution < 1.29 is 19.4 Å². The van der Waals surface area contributed by atoms with E-state index in [9.17, 15) is 14.4 Å². The van der Waals surface area contributed by atoms with E-state index in [0.29, 0.717) is 30.5 Å². The number of amides is 1. The molecule has 0 atom stereocenters. The zero-order chi connectivity index (χ0) is 16.2. The molecule has 0 spiro atoms. The van der Waals surface area contributed by atoms with Crippen molar-refractivity contribution in [1.29, 1.82) is 0 Å². The number of carbonyl (C=O) groups is 2. The average molecular weight is 373 g/mol. The fourth-order valence-corrected chi connectivity index (χ4v) is 2.89. The number of ether oxygens (including phenoxy) is 1. The topological polar surface area (TPSA) is 97.6 Å². The molecule has 0 bridgehead atoms. The maximum atomic E-state index is 12.2. The van der Waals surface area contributed by atoms with Crippen LogP contribution in [0.2, 0.25) is 0 Å². The van der Waals surface area contributed by atoms with E-state index in [2.05, 4.69) is 21.2 Å². The van der Waals surface area contributed by atoms with E-state index in [4.69, 9.17) is 9.84 Å². The standard InChI is InChI=1S/C14H17BrN2O5/c15-10-1-2-12(19)17(8-10)9-11(18)16-14(7-13(20)21)3-5-22-6-4-14/h1-2,8H,3-7,9H2,(H,16,18)(H,20,21). The van der Waals surface area contributed by atoms with Gasteiger partial charge in [0, 0.05) is 29.9 Å². The molecule has 1 fully saturated rings. The van der Waals surface area contributed by atoms with Crippen LogP contribution < -0.4 is 10.9 Å². The van der Waals surface area contributed by atoms with Crippen LogP contribution in [0.15, 0.2) is 27.6 Å². The monoisotopic (exact) mass is 372 g/mol. The lowest BCUT2D eigenvalue weighted by Gasteiger charge is -2.36. The van der Waals surface area contributed by atoms with Crippen molar-refractivity contribution in [2.45, 2.75) is 31.3 Å². The van der Waals surface area contributed by atoms with Crippen molar-refractivity contribution in [1.82, 2.24) is 9.88 Å². The lowest BCUT2D eigenvalue weighted by atomic mass is 9.86. The minimum absolute atomic E-state index is 0.152. The minimum Gasteiger partial charge on any atom is -0.481 e. The number of nitrogens with one attached hydrogen (secondary N) is 1. The molecule has 0 aliphatic carbocycles. The maximum absolute atomic E-state index is 12.2. The molecule has 1 amide bonds. The van der Waals surface area contributed by atoms with Gasteiger partial charge in [-0.1, -0.05) is 0 Å². The van der Waals surface area contributed by atoms with Crippen LogP contribution in [-0.4, -0.2) is 40.3 Å². The summed E-state index contributed by atoms with van der Waals surface area (Å²) < 4.78 is 7.19. The van der Waals surface area contributed by atoms with Crippen molar-refractivity contribution in [3.8, 4) is 0 Å². The van der Waals surface area contributed by atoms with Crippen LogP contribution in [0, 0.1) is 0 Å². The number of hydrogen-bond acceptors (Lipinski definition) is 4. The number of carboxylic acids is 1. The molecule has 2 N–H and O–H groups in total. The van der Waals surface area contributed by atoms with Crippen molar-refractivity contribution in [3.05, 3.63) is 33.2 Å². The molecule has 8 heteroatoms. The van der Waals surface area contributed by atoms with Crippen molar-refractivity contribution in [2.75, 3.05) is 13.2 Å². The van der Waals surface area contributed by atoms with Gasteiger partial charge in [-0.05, 0) is 34.8 Å². The number of carbonyl (C=O) groups excluding carboxylic acids is 1. The Hall–Kier alpha value is -1.67. The molecule has 0 unspecified atom stereocenters. The second-order valence-electron chi connectivity index (χ2n) is 5.32. The largest absolute Gasteiger partial charge is 0.481 e. The summed E-state index contributed by atoms with van der Waals surface area (Å²) in [4.78, 5) is 35.0. The first kappa shape index (κ1) is 16.7. The molecule has 7 nitrogen and oxygen atoms in total. The summed E-state index contributed by atoms with van der Waals surface area (Å²) in [6.45, 7) is 0.662. The lowest BCUT2D eigenvalue weighted by molar-refractivity contribution is -0.140. The third kappa shape index (κ3) is 4.41. The van der Waals surface area contributed by atoms with Crippen LogP contribution in [0.1, 0.15) is 19.3 Å². The first-order valence-corrected chi connectivity index (χ1v) is 7.66. The SMILES string of the molecule is O=C(O)CC1(NC(=O)Cn2cc(Br)ccc2=O)CCOCC1. The van der Waals surface area contributed by atoms with Crippen molar-refractivity contribution in [3.63, 3.8) is 0 Å². The highest BCUT2D eigenvalue weighted by molar-refractivity contribution is 9.10. The van der Waals surface area contributed by atoms with E-state index in [1.807, 2.05) is 0 Å². The Morgan fingerprint density at radius 2 is 2.05 bits per heavy atom. The number of aromatic nitrogens is 1. The summed E-state index contributed by atoms with van der Waals surface area (Å²) in [6.07, 6.45) is 2.25. The van der Waals surface area contributed by atoms with E-state index in [0.717, 1.165) is 0 Å². The van der Waals surface area contributed by atoms with Gasteiger partial charge in [-0.15, -0.1) is 0 Å². The van der Waals surface area contributed by atoms with Crippen LogP contribution in [0.4, 0.5) is 0 Å². The maximum Gasteiger partial charge on any atom is 0.305 e. The van der Waals surface area contributed by atoms with E-state index in [-0.39, 0.29) is 24.4 Å². The first-order valence-electron chi connectivity index (χ1n) is 6.87. The summed E-state index contributed by atoms with van der Waals surface area (Å²) in [7, 11) is 0. The first-order chi connectivity index (χ1) is 10.4. The second-order valence-corrected chi connectivity index (χ2v) is 6.24. The molecule has 1 aliphatic rings. The number of nitrogens with zero attached hydrogens (tertiary/aromatic N) is 1. The van der Waals surface area contributed by atoms with Crippen LogP contribution >= 0.6 is 15.9 Å². The van der Waals surface area contributed by atoms with E-state index in [1.165, 1.54) is 16.8 Å². The van der Waals surface area contributed by atoms with Crippen molar-refractivity contribution in [2.24, 2.45) is 0 Å². The Morgan fingerprint density at radius 3 is 2.68 bits per heavy atom. The van der Waals surface area contributed by atoms with Gasteiger partial charge in [0.15, 0.2) is 0 Å². The molecule has 1 aromatic rings. The molecule has 22 heavy (non-hydrogen) atoms. The van der Waals surface area contributed by atoms with Crippen molar-refractivity contribution >= 4 is 27.8 Å². The van der Waals surface area contributed by atoms with Gasteiger partial charge in [0.1, 0.15) is 6.54 Å². The lowest BCUT2D eigenvalue weighted by Crippen LogP contribution is -2.54. The molecule has 2 heterocycles. The molecule has 1 saturated heterocycles. The van der Waals surface area contributed by atoms with E-state index >= 15 is 0 Å². The van der Waals surface area contributed by atoms with Gasteiger partial charge >= 0.3 is 5.97 Å². The molecular formula is C14H17BrN2O5. The number of rotatable bonds is 5. The summed E-state index contributed by atoms with van der Waals surface area (Å²) in [5.74, 6) is -1.36. The number of aliphatic carboxylic acids is 1. The molecule has 120 valence electrons. The molecule has 2 rings (SSSR count). The molecule has 0 aromatic carbocycles. The zero-order valence-corrected chi connectivity index (χ0v) is 13.5. The Labute approximate surface area is 135 Å². The number of pyridine rings is 1. The van der Waals surface area contributed by atoms with Gasteiger partial charge < -0.3 is 19.7 Å². The molecule has 1 aliphatic heterocycles. The summed E-state index contributed by atoms with van der Waals surface area (Å²) in [5, 5.41) is 11.8.